The minimum Gasteiger partial charge on any atom is -0.391 e. The first-order valence-corrected chi connectivity index (χ1v) is 7.03. The van der Waals surface area contributed by atoms with E-state index in [1.54, 1.807) is 0 Å². The molecule has 0 aromatic rings. The van der Waals surface area contributed by atoms with Crippen molar-refractivity contribution in [1.82, 2.24) is 10.6 Å². The van der Waals surface area contributed by atoms with Gasteiger partial charge in [-0.1, -0.05) is 12.8 Å². The van der Waals surface area contributed by atoms with Gasteiger partial charge in [0.2, 0.25) is 5.91 Å². The zero-order valence-corrected chi connectivity index (χ0v) is 12.1. The van der Waals surface area contributed by atoms with E-state index < -0.39 is 0 Å². The number of morpholine rings is 1. The van der Waals surface area contributed by atoms with Gasteiger partial charge < -0.3 is 20.5 Å². The lowest BCUT2D eigenvalue weighted by Crippen LogP contribution is -2.43. The molecule has 2 atom stereocenters. The highest BCUT2D eigenvalue weighted by molar-refractivity contribution is 5.85. The molecule has 1 heterocycles. The Bertz CT molecular complexity index is 267. The van der Waals surface area contributed by atoms with Gasteiger partial charge in [0.05, 0.1) is 25.2 Å². The second-order valence-electron chi connectivity index (χ2n) is 5.32. The minimum atomic E-state index is -0.387. The van der Waals surface area contributed by atoms with Gasteiger partial charge in [-0.25, -0.2) is 0 Å². The molecule has 1 saturated carbocycles. The summed E-state index contributed by atoms with van der Waals surface area (Å²) < 4.78 is 5.47. The molecule has 2 unspecified atom stereocenters. The second kappa shape index (κ2) is 8.74. The highest BCUT2D eigenvalue weighted by Gasteiger charge is 2.24. The summed E-state index contributed by atoms with van der Waals surface area (Å²) in [6, 6.07) is 0. The van der Waals surface area contributed by atoms with Gasteiger partial charge >= 0.3 is 0 Å². The van der Waals surface area contributed by atoms with Gasteiger partial charge in [-0.3, -0.25) is 4.79 Å². The number of aliphatic hydroxyl groups excluding tert-OH is 1. The van der Waals surface area contributed by atoms with Crippen molar-refractivity contribution in [3.05, 3.63) is 0 Å². The number of halogens is 1. The summed E-state index contributed by atoms with van der Waals surface area (Å²) in [4.78, 5) is 11.7. The number of hydrogen-bond donors (Lipinski definition) is 3. The maximum absolute atomic E-state index is 11.7. The molecule has 2 rings (SSSR count). The summed E-state index contributed by atoms with van der Waals surface area (Å²) in [5.41, 5.74) is 0. The maximum atomic E-state index is 11.7. The van der Waals surface area contributed by atoms with Crippen LogP contribution in [0.15, 0.2) is 0 Å². The van der Waals surface area contributed by atoms with Crippen LogP contribution in [0.2, 0.25) is 0 Å². The molecule has 19 heavy (non-hydrogen) atoms. The van der Waals surface area contributed by atoms with Crippen LogP contribution in [0.4, 0.5) is 0 Å². The number of rotatable bonds is 5. The third-order valence-corrected chi connectivity index (χ3v) is 3.87. The Morgan fingerprint density at radius 2 is 2.16 bits per heavy atom. The normalized spacial score (nSPS) is 25.6. The minimum absolute atomic E-state index is 0. The predicted molar refractivity (Wildman–Crippen MR) is 75.4 cm³/mol. The van der Waals surface area contributed by atoms with Gasteiger partial charge in [0, 0.05) is 19.6 Å². The van der Waals surface area contributed by atoms with E-state index in [0.29, 0.717) is 25.5 Å². The van der Waals surface area contributed by atoms with Crippen molar-refractivity contribution in [2.24, 2.45) is 5.92 Å². The van der Waals surface area contributed by atoms with Crippen LogP contribution in [0, 0.1) is 5.92 Å². The number of ether oxygens (including phenoxy) is 1. The Labute approximate surface area is 120 Å². The van der Waals surface area contributed by atoms with Crippen molar-refractivity contribution in [1.29, 1.82) is 0 Å². The van der Waals surface area contributed by atoms with Crippen LogP contribution >= 0.6 is 12.4 Å². The van der Waals surface area contributed by atoms with E-state index in [1.807, 2.05) is 0 Å². The fourth-order valence-corrected chi connectivity index (χ4v) is 2.76. The molecule has 0 aromatic carbocycles. The second-order valence-corrected chi connectivity index (χ2v) is 5.32. The lowest BCUT2D eigenvalue weighted by Gasteiger charge is -2.23. The Kier molecular flexibility index (Phi) is 7.68. The Hall–Kier alpha value is -0.360. The van der Waals surface area contributed by atoms with E-state index in [0.717, 1.165) is 25.9 Å². The van der Waals surface area contributed by atoms with Gasteiger partial charge in [-0.05, 0) is 18.8 Å². The summed E-state index contributed by atoms with van der Waals surface area (Å²) in [5, 5.41) is 16.0. The quantitative estimate of drug-likeness (QED) is 0.688. The molecule has 3 N–H and O–H groups in total. The molecule has 1 saturated heterocycles. The molecule has 5 nitrogen and oxygen atoms in total. The SMILES string of the molecule is Cl.O=C(CC1CNCCO1)NCC(O)C1CCCC1. The van der Waals surface area contributed by atoms with E-state index in [9.17, 15) is 9.90 Å². The van der Waals surface area contributed by atoms with Gasteiger partial charge in [-0.2, -0.15) is 0 Å². The predicted octanol–water partition coefficient (Wildman–Crippen LogP) is 0.454. The van der Waals surface area contributed by atoms with E-state index in [2.05, 4.69) is 10.6 Å². The number of aliphatic hydroxyl groups is 1. The Balaban J connectivity index is 0.00000180. The first kappa shape index (κ1) is 16.7. The van der Waals surface area contributed by atoms with E-state index >= 15 is 0 Å². The van der Waals surface area contributed by atoms with Gasteiger partial charge in [-0.15, -0.1) is 12.4 Å². The third-order valence-electron chi connectivity index (χ3n) is 3.87. The van der Waals surface area contributed by atoms with Crippen molar-refractivity contribution >= 4 is 18.3 Å². The van der Waals surface area contributed by atoms with E-state index in [-0.39, 0.29) is 30.5 Å². The molecule has 0 bridgehead atoms. The average molecular weight is 293 g/mol. The fourth-order valence-electron chi connectivity index (χ4n) is 2.76. The lowest BCUT2D eigenvalue weighted by atomic mass is 10.0. The van der Waals surface area contributed by atoms with Crippen molar-refractivity contribution in [2.75, 3.05) is 26.2 Å². The van der Waals surface area contributed by atoms with Gasteiger partial charge in [0.15, 0.2) is 0 Å². The molecule has 2 aliphatic rings. The summed E-state index contributed by atoms with van der Waals surface area (Å²) in [6.45, 7) is 2.64. The molecular formula is C13H25ClN2O3. The Morgan fingerprint density at radius 1 is 1.42 bits per heavy atom. The van der Waals surface area contributed by atoms with Crippen molar-refractivity contribution in [2.45, 2.75) is 44.3 Å². The molecule has 6 heteroatoms. The maximum Gasteiger partial charge on any atom is 0.222 e. The Morgan fingerprint density at radius 3 is 2.79 bits per heavy atom. The van der Waals surface area contributed by atoms with E-state index in [4.69, 9.17) is 4.74 Å². The molecule has 112 valence electrons. The molecule has 1 aliphatic heterocycles. The zero-order chi connectivity index (χ0) is 12.8. The first-order chi connectivity index (χ1) is 8.75. The number of nitrogens with one attached hydrogen (secondary N) is 2. The van der Waals surface area contributed by atoms with Crippen LogP contribution in [0.3, 0.4) is 0 Å². The molecule has 0 radical (unpaired) electrons. The highest BCUT2D eigenvalue weighted by Crippen LogP contribution is 2.27. The van der Waals surface area contributed by atoms with Crippen LogP contribution in [-0.2, 0) is 9.53 Å². The van der Waals surface area contributed by atoms with Crippen molar-refractivity contribution < 1.29 is 14.6 Å². The highest BCUT2D eigenvalue weighted by atomic mass is 35.5. The first-order valence-electron chi connectivity index (χ1n) is 7.03. The molecule has 0 aromatic heterocycles. The summed E-state index contributed by atoms with van der Waals surface area (Å²) in [6.07, 6.45) is 4.56. The molecule has 1 aliphatic carbocycles. The summed E-state index contributed by atoms with van der Waals surface area (Å²) in [7, 11) is 0. The van der Waals surface area contributed by atoms with Crippen LogP contribution in [-0.4, -0.2) is 49.5 Å². The zero-order valence-electron chi connectivity index (χ0n) is 11.3. The topological polar surface area (TPSA) is 70.6 Å². The number of carbonyl (C=O) groups is 1. The van der Waals surface area contributed by atoms with Crippen LogP contribution in [0.1, 0.15) is 32.1 Å². The number of carbonyl (C=O) groups excluding carboxylic acids is 1. The smallest absolute Gasteiger partial charge is 0.222 e. The van der Waals surface area contributed by atoms with Crippen LogP contribution < -0.4 is 10.6 Å². The molecule has 1 amide bonds. The van der Waals surface area contributed by atoms with Gasteiger partial charge in [0.1, 0.15) is 0 Å². The summed E-state index contributed by atoms with van der Waals surface area (Å²) >= 11 is 0. The monoisotopic (exact) mass is 292 g/mol. The van der Waals surface area contributed by atoms with E-state index in [1.165, 1.54) is 12.8 Å². The lowest BCUT2D eigenvalue weighted by molar-refractivity contribution is -0.125. The largest absolute Gasteiger partial charge is 0.391 e. The third kappa shape index (κ3) is 5.65. The molecular weight excluding hydrogens is 268 g/mol. The number of hydrogen-bond acceptors (Lipinski definition) is 4. The van der Waals surface area contributed by atoms with Gasteiger partial charge in [0.25, 0.3) is 0 Å². The average Bonchev–Trinajstić information content (AvgIpc) is 2.91. The number of amides is 1. The van der Waals surface area contributed by atoms with Crippen molar-refractivity contribution in [3.8, 4) is 0 Å². The molecule has 0 spiro atoms. The summed E-state index contributed by atoms with van der Waals surface area (Å²) in [5.74, 6) is 0.346. The van der Waals surface area contributed by atoms with Crippen molar-refractivity contribution in [3.63, 3.8) is 0 Å². The van der Waals surface area contributed by atoms with Crippen LogP contribution in [0.25, 0.3) is 0 Å². The van der Waals surface area contributed by atoms with Crippen LogP contribution in [0.5, 0.6) is 0 Å². The fraction of sp³-hybridized carbons (Fsp3) is 0.923. The standard InChI is InChI=1S/C13H24N2O3.ClH/c16-12(10-3-1-2-4-10)9-15-13(17)7-11-8-14-5-6-18-11;/h10-12,14,16H,1-9H2,(H,15,17);1H. The molecule has 2 fully saturated rings.